The predicted octanol–water partition coefficient (Wildman–Crippen LogP) is 1.71. The number of hydrogen-bond donors (Lipinski definition) is 2. The topological polar surface area (TPSA) is 87.7 Å². The molecule has 0 fully saturated rings. The Bertz CT molecular complexity index is 613. The summed E-state index contributed by atoms with van der Waals surface area (Å²) in [6, 6.07) is 9.72. The molecule has 0 saturated heterocycles. The quantitative estimate of drug-likeness (QED) is 0.822. The number of aromatic hydroxyl groups is 1. The molecule has 86 valence electrons. The monoisotopic (exact) mass is 232 g/mol. The van der Waals surface area contributed by atoms with Crippen molar-refractivity contribution in [1.29, 1.82) is 0 Å². The molecular weight excluding hydrogens is 224 g/mol. The Morgan fingerprint density at radius 2 is 1.82 bits per heavy atom. The van der Waals surface area contributed by atoms with Gasteiger partial charge >= 0.3 is 11.6 Å². The van der Waals surface area contributed by atoms with E-state index >= 15 is 0 Å². The Morgan fingerprint density at radius 3 is 2.35 bits per heavy atom. The molecule has 0 aliphatic heterocycles. The maximum Gasteiger partial charge on any atom is 0.354 e. The highest BCUT2D eigenvalue weighted by Gasteiger charge is 2.18. The van der Waals surface area contributed by atoms with Crippen molar-refractivity contribution >= 4 is 5.97 Å². The van der Waals surface area contributed by atoms with Gasteiger partial charge in [-0.05, 0) is 0 Å². The third kappa shape index (κ3) is 2.03. The lowest BCUT2D eigenvalue weighted by Crippen LogP contribution is -2.13. The lowest BCUT2D eigenvalue weighted by Gasteiger charge is -2.02. The van der Waals surface area contributed by atoms with E-state index in [4.69, 9.17) is 9.52 Å². The SMILES string of the molecule is O=C(O)c1c(O)cc(-c2ccccc2)oc1=O. The van der Waals surface area contributed by atoms with Crippen molar-refractivity contribution in [3.05, 3.63) is 52.4 Å². The van der Waals surface area contributed by atoms with Crippen LogP contribution >= 0.6 is 0 Å². The molecule has 0 bridgehead atoms. The first-order valence-corrected chi connectivity index (χ1v) is 4.75. The lowest BCUT2D eigenvalue weighted by molar-refractivity contribution is 0.0688. The molecule has 2 rings (SSSR count). The van der Waals surface area contributed by atoms with E-state index in [1.54, 1.807) is 30.3 Å². The van der Waals surface area contributed by atoms with Gasteiger partial charge in [0.15, 0.2) is 5.56 Å². The molecule has 1 aromatic heterocycles. The zero-order chi connectivity index (χ0) is 12.4. The minimum Gasteiger partial charge on any atom is -0.507 e. The van der Waals surface area contributed by atoms with Gasteiger partial charge in [-0.15, -0.1) is 0 Å². The highest BCUT2D eigenvalue weighted by molar-refractivity contribution is 5.90. The summed E-state index contributed by atoms with van der Waals surface area (Å²) in [5.41, 5.74) is -1.25. The van der Waals surface area contributed by atoms with E-state index in [-0.39, 0.29) is 5.76 Å². The van der Waals surface area contributed by atoms with E-state index in [9.17, 15) is 14.7 Å². The Labute approximate surface area is 95.6 Å². The second kappa shape index (κ2) is 4.13. The van der Waals surface area contributed by atoms with Gasteiger partial charge in [0.2, 0.25) is 0 Å². The van der Waals surface area contributed by atoms with Gasteiger partial charge < -0.3 is 14.6 Å². The summed E-state index contributed by atoms with van der Waals surface area (Å²) in [5, 5.41) is 18.2. The average Bonchev–Trinajstić information content (AvgIpc) is 2.28. The van der Waals surface area contributed by atoms with Crippen LogP contribution in [0, 0.1) is 0 Å². The van der Waals surface area contributed by atoms with Crippen molar-refractivity contribution < 1.29 is 19.4 Å². The van der Waals surface area contributed by atoms with Crippen LogP contribution in [0.5, 0.6) is 5.75 Å². The fourth-order valence-electron chi connectivity index (χ4n) is 1.42. The molecule has 0 radical (unpaired) electrons. The zero-order valence-corrected chi connectivity index (χ0v) is 8.58. The van der Waals surface area contributed by atoms with Gasteiger partial charge in [0.1, 0.15) is 11.5 Å². The first-order chi connectivity index (χ1) is 8.09. The van der Waals surface area contributed by atoms with E-state index < -0.39 is 22.9 Å². The normalized spacial score (nSPS) is 10.1. The first-order valence-electron chi connectivity index (χ1n) is 4.75. The van der Waals surface area contributed by atoms with Gasteiger partial charge in [0.25, 0.3) is 0 Å². The molecule has 17 heavy (non-hydrogen) atoms. The molecule has 0 saturated carbocycles. The molecule has 0 spiro atoms. The number of hydrogen-bond acceptors (Lipinski definition) is 4. The molecule has 5 heteroatoms. The van der Waals surface area contributed by atoms with Gasteiger partial charge in [-0.2, -0.15) is 0 Å². The molecule has 2 aromatic rings. The number of carboxylic acids is 1. The number of rotatable bonds is 2. The number of carbonyl (C=O) groups is 1. The lowest BCUT2D eigenvalue weighted by atomic mass is 10.1. The fourth-order valence-corrected chi connectivity index (χ4v) is 1.42. The van der Waals surface area contributed by atoms with Crippen LogP contribution in [0.4, 0.5) is 0 Å². The van der Waals surface area contributed by atoms with Gasteiger partial charge in [-0.25, -0.2) is 9.59 Å². The second-order valence-electron chi connectivity index (χ2n) is 3.33. The molecule has 1 aromatic carbocycles. The minimum absolute atomic E-state index is 0.123. The van der Waals surface area contributed by atoms with Crippen LogP contribution in [-0.2, 0) is 0 Å². The molecule has 0 amide bonds. The van der Waals surface area contributed by atoms with E-state index in [1.165, 1.54) is 0 Å². The third-order valence-electron chi connectivity index (χ3n) is 2.20. The Balaban J connectivity index is 2.62. The van der Waals surface area contributed by atoms with Crippen LogP contribution in [0.15, 0.2) is 45.6 Å². The fraction of sp³-hybridized carbons (Fsp3) is 0. The highest BCUT2D eigenvalue weighted by Crippen LogP contribution is 2.23. The maximum absolute atomic E-state index is 11.4. The van der Waals surface area contributed by atoms with E-state index in [1.807, 2.05) is 0 Å². The molecule has 1 heterocycles. The standard InChI is InChI=1S/C12H8O5/c13-8-6-9(7-4-2-1-3-5-7)17-12(16)10(8)11(14)15/h1-6,13H,(H,14,15). The van der Waals surface area contributed by atoms with Crippen LogP contribution < -0.4 is 5.63 Å². The summed E-state index contributed by atoms with van der Waals surface area (Å²) < 4.78 is 4.84. The van der Waals surface area contributed by atoms with Gasteiger partial charge in [-0.1, -0.05) is 30.3 Å². The van der Waals surface area contributed by atoms with Crippen LogP contribution in [0.25, 0.3) is 11.3 Å². The van der Waals surface area contributed by atoms with E-state index in [0.717, 1.165) is 6.07 Å². The van der Waals surface area contributed by atoms with Gasteiger partial charge in [-0.3, -0.25) is 0 Å². The van der Waals surface area contributed by atoms with Crippen LogP contribution in [0.3, 0.4) is 0 Å². The smallest absolute Gasteiger partial charge is 0.354 e. The van der Waals surface area contributed by atoms with Crippen LogP contribution in [0.1, 0.15) is 10.4 Å². The number of aromatic carboxylic acids is 1. The van der Waals surface area contributed by atoms with Crippen LogP contribution in [0.2, 0.25) is 0 Å². The van der Waals surface area contributed by atoms with Gasteiger partial charge in [0, 0.05) is 11.6 Å². The highest BCUT2D eigenvalue weighted by atomic mass is 16.4. The minimum atomic E-state index is -1.52. The van der Waals surface area contributed by atoms with Crippen LogP contribution in [-0.4, -0.2) is 16.2 Å². The van der Waals surface area contributed by atoms with E-state index in [0.29, 0.717) is 5.56 Å². The predicted molar refractivity (Wildman–Crippen MR) is 59.0 cm³/mol. The van der Waals surface area contributed by atoms with E-state index in [2.05, 4.69) is 0 Å². The molecule has 0 unspecified atom stereocenters. The third-order valence-corrected chi connectivity index (χ3v) is 2.20. The van der Waals surface area contributed by atoms with Crippen molar-refractivity contribution in [1.82, 2.24) is 0 Å². The Hall–Kier alpha value is -2.56. The summed E-state index contributed by atoms with van der Waals surface area (Å²) in [6.07, 6.45) is 0. The summed E-state index contributed by atoms with van der Waals surface area (Å²) >= 11 is 0. The zero-order valence-electron chi connectivity index (χ0n) is 8.58. The van der Waals surface area contributed by atoms with Crippen molar-refractivity contribution in [2.45, 2.75) is 0 Å². The molecule has 2 N–H and O–H groups in total. The molecule has 0 atom stereocenters. The van der Waals surface area contributed by atoms with Crippen molar-refractivity contribution in [3.63, 3.8) is 0 Å². The summed E-state index contributed by atoms with van der Waals surface area (Å²) in [7, 11) is 0. The molecule has 0 aliphatic carbocycles. The number of carboxylic acid groups (broad SMARTS) is 1. The largest absolute Gasteiger partial charge is 0.507 e. The Kier molecular flexibility index (Phi) is 2.66. The average molecular weight is 232 g/mol. The van der Waals surface area contributed by atoms with Crippen molar-refractivity contribution in [3.8, 4) is 17.1 Å². The first kappa shape index (κ1) is 10.9. The van der Waals surface area contributed by atoms with Gasteiger partial charge in [0.05, 0.1) is 0 Å². The second-order valence-corrected chi connectivity index (χ2v) is 3.33. The summed E-state index contributed by atoms with van der Waals surface area (Å²) in [4.78, 5) is 22.0. The van der Waals surface area contributed by atoms with Crippen molar-refractivity contribution in [2.75, 3.05) is 0 Å². The Morgan fingerprint density at radius 1 is 1.18 bits per heavy atom. The maximum atomic E-state index is 11.4. The molecule has 5 nitrogen and oxygen atoms in total. The molecular formula is C12H8O5. The number of benzene rings is 1. The summed E-state index contributed by atoms with van der Waals surface area (Å²) in [5.74, 6) is -2.00. The molecule has 0 aliphatic rings. The van der Waals surface area contributed by atoms with Crippen molar-refractivity contribution in [2.24, 2.45) is 0 Å². The summed E-state index contributed by atoms with van der Waals surface area (Å²) in [6.45, 7) is 0.